The van der Waals surface area contributed by atoms with Gasteiger partial charge in [-0.2, -0.15) is 0 Å². The SMILES string of the molecule is CCC([Si]OC(C)OC)c1ccccc1C(=O)c1ccccc1. The van der Waals surface area contributed by atoms with Gasteiger partial charge in [0.1, 0.15) is 6.29 Å². The highest BCUT2D eigenvalue weighted by molar-refractivity contribution is 6.30. The summed E-state index contributed by atoms with van der Waals surface area (Å²) in [6.45, 7) is 3.99. The van der Waals surface area contributed by atoms with Crippen LogP contribution in [-0.2, 0) is 9.16 Å². The molecule has 0 aliphatic rings. The Balaban J connectivity index is 2.27. The molecule has 0 aromatic heterocycles. The van der Waals surface area contributed by atoms with Crippen LogP contribution in [0, 0.1) is 0 Å². The molecular weight excluding hydrogens is 304 g/mol. The van der Waals surface area contributed by atoms with Crippen LogP contribution in [0.1, 0.15) is 47.3 Å². The van der Waals surface area contributed by atoms with Crippen molar-refractivity contribution in [3.05, 3.63) is 71.3 Å². The van der Waals surface area contributed by atoms with Crippen molar-refractivity contribution < 1.29 is 14.0 Å². The van der Waals surface area contributed by atoms with Crippen LogP contribution in [0.25, 0.3) is 0 Å². The zero-order chi connectivity index (χ0) is 16.7. The van der Waals surface area contributed by atoms with Crippen molar-refractivity contribution in [2.24, 2.45) is 0 Å². The number of hydrogen-bond acceptors (Lipinski definition) is 3. The van der Waals surface area contributed by atoms with Crippen molar-refractivity contribution in [1.29, 1.82) is 0 Å². The minimum Gasteiger partial charge on any atom is -0.393 e. The van der Waals surface area contributed by atoms with Crippen LogP contribution in [0.4, 0.5) is 0 Å². The van der Waals surface area contributed by atoms with Crippen molar-refractivity contribution in [3.63, 3.8) is 0 Å². The number of carbonyl (C=O) groups is 1. The van der Waals surface area contributed by atoms with Crippen molar-refractivity contribution in [1.82, 2.24) is 0 Å². The second kappa shape index (κ2) is 8.77. The number of rotatable bonds is 8. The molecule has 3 nitrogen and oxygen atoms in total. The summed E-state index contributed by atoms with van der Waals surface area (Å²) in [5.41, 5.74) is 2.71. The molecule has 4 heteroatoms. The summed E-state index contributed by atoms with van der Waals surface area (Å²) in [6.07, 6.45) is 0.674. The maximum absolute atomic E-state index is 12.8. The number of benzene rings is 2. The van der Waals surface area contributed by atoms with Crippen LogP contribution >= 0.6 is 0 Å². The molecule has 0 heterocycles. The number of ketones is 1. The molecule has 0 N–H and O–H groups in total. The lowest BCUT2D eigenvalue weighted by molar-refractivity contribution is -0.0381. The largest absolute Gasteiger partial charge is 0.393 e. The van der Waals surface area contributed by atoms with Crippen molar-refractivity contribution in [2.75, 3.05) is 7.11 Å². The summed E-state index contributed by atoms with van der Waals surface area (Å²) in [5.74, 6) is 0.0595. The van der Waals surface area contributed by atoms with Gasteiger partial charge in [0.25, 0.3) is 0 Å². The Bertz CT molecular complexity index is 628. The summed E-state index contributed by atoms with van der Waals surface area (Å²) in [7, 11) is 1.89. The van der Waals surface area contributed by atoms with Crippen LogP contribution in [0.2, 0.25) is 0 Å². The topological polar surface area (TPSA) is 35.5 Å². The normalized spacial score (nSPS) is 13.5. The zero-order valence-corrected chi connectivity index (χ0v) is 14.8. The summed E-state index contributed by atoms with van der Waals surface area (Å²) in [4.78, 5) is 12.8. The average molecular weight is 326 g/mol. The highest BCUT2D eigenvalue weighted by Gasteiger charge is 2.21. The van der Waals surface area contributed by atoms with Gasteiger partial charge in [-0.25, -0.2) is 0 Å². The van der Waals surface area contributed by atoms with Crippen LogP contribution in [0.3, 0.4) is 0 Å². The molecule has 2 aromatic carbocycles. The zero-order valence-electron chi connectivity index (χ0n) is 13.8. The summed E-state index contributed by atoms with van der Waals surface area (Å²) >= 11 is 0. The number of methoxy groups -OCH3 is 1. The van der Waals surface area contributed by atoms with E-state index in [4.69, 9.17) is 9.16 Å². The third-order valence-electron chi connectivity index (χ3n) is 3.73. The molecule has 2 radical (unpaired) electrons. The quantitative estimate of drug-likeness (QED) is 0.418. The molecule has 0 saturated carbocycles. The van der Waals surface area contributed by atoms with Crippen LogP contribution in [0.5, 0.6) is 0 Å². The van der Waals surface area contributed by atoms with E-state index in [9.17, 15) is 4.79 Å². The van der Waals surface area contributed by atoms with Crippen LogP contribution in [0.15, 0.2) is 54.6 Å². The molecule has 0 aliphatic heterocycles. The first-order chi connectivity index (χ1) is 11.2. The van der Waals surface area contributed by atoms with E-state index in [0.717, 1.165) is 17.5 Å². The maximum atomic E-state index is 12.8. The molecule has 0 amide bonds. The fourth-order valence-electron chi connectivity index (χ4n) is 2.35. The first kappa shape index (κ1) is 17.6. The fraction of sp³-hybridized carbons (Fsp3) is 0.316. The molecule has 23 heavy (non-hydrogen) atoms. The standard InChI is InChI=1S/C19H22O3Si/c1-4-18(23-22-14(2)21-3)16-12-8-9-13-17(16)19(20)15-10-6-5-7-11-15/h5-14,18H,4H2,1-3H3. The first-order valence-electron chi connectivity index (χ1n) is 7.80. The second-order valence-electron chi connectivity index (χ2n) is 5.28. The molecule has 0 fully saturated rings. The predicted molar refractivity (Wildman–Crippen MR) is 92.7 cm³/mol. The van der Waals surface area contributed by atoms with Gasteiger partial charge in [0, 0.05) is 23.8 Å². The van der Waals surface area contributed by atoms with Crippen molar-refractivity contribution in [3.8, 4) is 0 Å². The third-order valence-corrected chi connectivity index (χ3v) is 5.21. The summed E-state index contributed by atoms with van der Waals surface area (Å²) in [5, 5.41) is 0. The van der Waals surface area contributed by atoms with E-state index in [2.05, 4.69) is 6.92 Å². The van der Waals surface area contributed by atoms with E-state index in [0.29, 0.717) is 5.56 Å². The van der Waals surface area contributed by atoms with Gasteiger partial charge in [-0.3, -0.25) is 4.79 Å². The molecule has 2 aromatic rings. The molecule has 2 unspecified atom stereocenters. The smallest absolute Gasteiger partial charge is 0.241 e. The van der Waals surface area contributed by atoms with Gasteiger partial charge in [-0.1, -0.05) is 61.5 Å². The van der Waals surface area contributed by atoms with E-state index in [1.165, 1.54) is 0 Å². The molecule has 120 valence electrons. The van der Waals surface area contributed by atoms with Crippen LogP contribution < -0.4 is 0 Å². The Kier molecular flexibility index (Phi) is 6.71. The second-order valence-corrected chi connectivity index (χ2v) is 6.45. The number of carbonyl (C=O) groups excluding carboxylic acids is 1. The third kappa shape index (κ3) is 4.61. The average Bonchev–Trinajstić information content (AvgIpc) is 2.62. The van der Waals surface area contributed by atoms with Gasteiger partial charge in [0.2, 0.25) is 9.76 Å². The highest BCUT2D eigenvalue weighted by atomic mass is 28.2. The molecule has 0 spiro atoms. The Morgan fingerprint density at radius 3 is 2.39 bits per heavy atom. The van der Waals surface area contributed by atoms with Gasteiger partial charge in [-0.05, 0) is 18.9 Å². The Morgan fingerprint density at radius 1 is 1.09 bits per heavy atom. The van der Waals surface area contributed by atoms with Gasteiger partial charge in [0.05, 0.1) is 0 Å². The van der Waals surface area contributed by atoms with E-state index in [1.807, 2.05) is 61.5 Å². The molecule has 0 saturated heterocycles. The lowest BCUT2D eigenvalue weighted by atomic mass is 9.95. The lowest BCUT2D eigenvalue weighted by Crippen LogP contribution is -2.21. The maximum Gasteiger partial charge on any atom is 0.241 e. The van der Waals surface area contributed by atoms with Gasteiger partial charge in [-0.15, -0.1) is 0 Å². The lowest BCUT2D eigenvalue weighted by Gasteiger charge is -2.19. The first-order valence-corrected chi connectivity index (χ1v) is 8.78. The van der Waals surface area contributed by atoms with E-state index < -0.39 is 0 Å². The fourth-order valence-corrected chi connectivity index (χ4v) is 3.34. The Hall–Kier alpha value is -1.75. The molecule has 0 bridgehead atoms. The monoisotopic (exact) mass is 326 g/mol. The van der Waals surface area contributed by atoms with Crippen LogP contribution in [-0.4, -0.2) is 28.9 Å². The Labute approximate surface area is 140 Å². The van der Waals surface area contributed by atoms with E-state index in [1.54, 1.807) is 7.11 Å². The highest BCUT2D eigenvalue weighted by Crippen LogP contribution is 2.25. The van der Waals surface area contributed by atoms with Gasteiger partial charge in [0.15, 0.2) is 5.78 Å². The molecule has 2 atom stereocenters. The molecule has 0 aliphatic carbocycles. The number of ether oxygens (including phenoxy) is 1. The van der Waals surface area contributed by atoms with Crippen molar-refractivity contribution in [2.45, 2.75) is 32.1 Å². The van der Waals surface area contributed by atoms with Gasteiger partial charge < -0.3 is 9.16 Å². The van der Waals surface area contributed by atoms with Crippen molar-refractivity contribution >= 4 is 15.5 Å². The minimum atomic E-state index is -0.237. The summed E-state index contributed by atoms with van der Waals surface area (Å²) in [6, 6.07) is 17.2. The Morgan fingerprint density at radius 2 is 1.74 bits per heavy atom. The minimum absolute atomic E-state index is 0.0595. The van der Waals surface area contributed by atoms with E-state index in [-0.39, 0.29) is 27.4 Å². The molecular formula is C19H22O3Si. The van der Waals surface area contributed by atoms with Gasteiger partial charge >= 0.3 is 0 Å². The summed E-state index contributed by atoms with van der Waals surface area (Å²) < 4.78 is 10.9. The van der Waals surface area contributed by atoms with E-state index >= 15 is 0 Å². The molecule has 2 rings (SSSR count). The number of hydrogen-bond donors (Lipinski definition) is 0. The predicted octanol–water partition coefficient (Wildman–Crippen LogP) is 4.00.